The molecule has 0 aromatic heterocycles. The zero-order valence-electron chi connectivity index (χ0n) is 64.3. The van der Waals surface area contributed by atoms with Crippen LogP contribution in [0.3, 0.4) is 0 Å². The van der Waals surface area contributed by atoms with E-state index in [1.807, 2.05) is 22.8 Å². The van der Waals surface area contributed by atoms with Gasteiger partial charge in [0.15, 0.2) is 0 Å². The molecule has 2 fully saturated rings. The van der Waals surface area contributed by atoms with E-state index in [0.29, 0.717) is 43.7 Å². The average Bonchev–Trinajstić information content (AvgIpc) is 0.825. The Morgan fingerprint density at radius 3 is 0.779 bits per heavy atom. The predicted molar refractivity (Wildman–Crippen MR) is 421 cm³/mol. The molecule has 0 aromatic rings. The van der Waals surface area contributed by atoms with E-state index in [9.17, 15) is 9.59 Å². The fourth-order valence-electron chi connectivity index (χ4n) is 14.5. The maximum Gasteiger partial charge on any atom is 0.305 e. The van der Waals surface area contributed by atoms with Crippen LogP contribution in [-0.2, 0) is 37.2 Å². The molecule has 564 valence electrons. The molecule has 2 aliphatic rings. The van der Waals surface area contributed by atoms with Crippen molar-refractivity contribution in [2.75, 3.05) is 37.9 Å². The van der Waals surface area contributed by atoms with E-state index in [1.54, 1.807) is 0 Å². The van der Waals surface area contributed by atoms with Gasteiger partial charge in [-0.25, -0.2) is 0 Å². The van der Waals surface area contributed by atoms with E-state index in [4.69, 9.17) is 27.6 Å². The van der Waals surface area contributed by atoms with Crippen molar-refractivity contribution in [2.45, 2.75) is 465 Å². The normalized spacial score (nSPS) is 17.6. The Morgan fingerprint density at radius 1 is 0.295 bits per heavy atom. The summed E-state index contributed by atoms with van der Waals surface area (Å²) in [5, 5.41) is 0. The second-order valence-corrected chi connectivity index (χ2v) is 36.9. The van der Waals surface area contributed by atoms with E-state index in [0.717, 1.165) is 87.9 Å². The van der Waals surface area contributed by atoms with Crippen LogP contribution in [-0.4, -0.2) is 62.1 Å². The summed E-state index contributed by atoms with van der Waals surface area (Å²) in [5.41, 5.74) is 0.330. The third-order valence-electron chi connectivity index (χ3n) is 21.3. The third kappa shape index (κ3) is 57.4. The Hall–Kier alpha value is 0.340. The SMILES string of the molecule is CCCCCCCCCCCOC(=O)CCCCCCCCCCCSP(OCCCCCCCCCCC)OC1CCC(C(C)(C)C2CCC(OP(OCCCCCCCCCCC)SCCCCCCCCCCCC(=O)OCCCCCCCCCCC)CC2)CC1. The van der Waals surface area contributed by atoms with Crippen LogP contribution in [0.25, 0.3) is 0 Å². The van der Waals surface area contributed by atoms with E-state index in [1.165, 1.54) is 347 Å². The molecule has 0 aromatic carbocycles. The van der Waals surface area contributed by atoms with E-state index < -0.39 is 15.2 Å². The Bertz CT molecular complexity index is 1480. The topological polar surface area (TPSA) is 89.5 Å². The minimum absolute atomic E-state index is 0.0103. The average molecular weight is 1410 g/mol. The molecule has 0 amide bonds. The number of rotatable bonds is 74. The molecule has 0 N–H and O–H groups in total. The summed E-state index contributed by atoms with van der Waals surface area (Å²) in [6.45, 7) is 17.3. The van der Waals surface area contributed by atoms with Crippen molar-refractivity contribution in [3.63, 3.8) is 0 Å². The maximum atomic E-state index is 12.2. The highest BCUT2D eigenvalue weighted by atomic mass is 32.7. The lowest BCUT2D eigenvalue weighted by Gasteiger charge is -2.46. The van der Waals surface area contributed by atoms with Crippen molar-refractivity contribution in [3.8, 4) is 0 Å². The van der Waals surface area contributed by atoms with Crippen LogP contribution in [0.15, 0.2) is 0 Å². The van der Waals surface area contributed by atoms with Crippen LogP contribution < -0.4 is 0 Å². The molecule has 0 aliphatic heterocycles. The minimum Gasteiger partial charge on any atom is -0.466 e. The van der Waals surface area contributed by atoms with E-state index in [-0.39, 0.29) is 11.9 Å². The van der Waals surface area contributed by atoms with Crippen LogP contribution >= 0.6 is 37.9 Å². The molecule has 0 saturated heterocycles. The predicted octanol–water partition coefficient (Wildman–Crippen LogP) is 30.1. The number of unbranched alkanes of at least 4 members (excludes halogenated alkanes) is 48. The third-order valence-corrected chi connectivity index (χ3v) is 27.9. The first-order valence-electron chi connectivity index (χ1n) is 42.5. The first-order valence-corrected chi connectivity index (χ1v) is 48.0. The monoisotopic (exact) mass is 1410 g/mol. The molecule has 0 radical (unpaired) electrons. The molecular formula is C83H162O8P2S2. The van der Waals surface area contributed by atoms with Gasteiger partial charge in [0.1, 0.15) is 0 Å². The van der Waals surface area contributed by atoms with E-state index in [2.05, 4.69) is 41.5 Å². The molecule has 2 aliphatic carbocycles. The van der Waals surface area contributed by atoms with Crippen LogP contribution in [0.1, 0.15) is 452 Å². The van der Waals surface area contributed by atoms with Gasteiger partial charge in [0.25, 0.3) is 0 Å². The van der Waals surface area contributed by atoms with Crippen molar-refractivity contribution >= 4 is 49.9 Å². The zero-order valence-corrected chi connectivity index (χ0v) is 67.7. The summed E-state index contributed by atoms with van der Waals surface area (Å²) in [6.07, 6.45) is 81.3. The standard InChI is InChI=1S/C83H162O8P2S2/c1-7-11-15-19-23-31-39-47-55-71-86-81(84)61-53-45-37-29-27-35-43-51-59-75-94-92(88-73-57-49-41-33-25-21-17-13-9-3)90-79-67-63-77(64-68-79)83(5,6)78-65-69-80(70-66-78)91-93(89-74-58-50-42-34-26-22-18-14-10-4)95-76-60-52-44-36-28-30-38-46-54-62-82(85)87-72-56-48-40-32-24-20-16-12-8-2/h77-80H,7-76H2,1-6H3. The molecule has 0 heterocycles. The molecule has 12 heteroatoms. The van der Waals surface area contributed by atoms with Gasteiger partial charge in [0.05, 0.1) is 38.6 Å². The lowest BCUT2D eigenvalue weighted by molar-refractivity contribution is -0.144. The second kappa shape index (κ2) is 70.0. The lowest BCUT2D eigenvalue weighted by Crippen LogP contribution is -2.38. The van der Waals surface area contributed by atoms with Crippen molar-refractivity contribution in [1.82, 2.24) is 0 Å². The first-order chi connectivity index (χ1) is 46.7. The van der Waals surface area contributed by atoms with Crippen molar-refractivity contribution in [2.24, 2.45) is 17.3 Å². The number of carbonyl (C=O) groups excluding carboxylic acids is 2. The van der Waals surface area contributed by atoms with Gasteiger partial charge >= 0.3 is 11.9 Å². The summed E-state index contributed by atoms with van der Waals surface area (Å²) in [6, 6.07) is 0. The van der Waals surface area contributed by atoms with Crippen molar-refractivity contribution < 1.29 is 37.2 Å². The van der Waals surface area contributed by atoms with Gasteiger partial charge < -0.3 is 27.6 Å². The quantitative estimate of drug-likeness (QED) is 0.0333. The summed E-state index contributed by atoms with van der Waals surface area (Å²) >= 11 is 3.99. The van der Waals surface area contributed by atoms with Crippen molar-refractivity contribution in [1.29, 1.82) is 0 Å². The van der Waals surface area contributed by atoms with E-state index >= 15 is 0 Å². The fraction of sp³-hybridized carbons (Fsp3) is 0.976. The van der Waals surface area contributed by atoms with Gasteiger partial charge in [-0.05, 0) is 120 Å². The molecule has 2 unspecified atom stereocenters. The number of ether oxygens (including phenoxy) is 2. The number of hydrogen-bond acceptors (Lipinski definition) is 10. The largest absolute Gasteiger partial charge is 0.466 e. The van der Waals surface area contributed by atoms with Gasteiger partial charge in [0, 0.05) is 24.3 Å². The molecule has 0 spiro atoms. The second-order valence-electron chi connectivity index (χ2n) is 30.4. The summed E-state index contributed by atoms with van der Waals surface area (Å²) in [5.74, 6) is 3.81. The Kier molecular flexibility index (Phi) is 67.4. The summed E-state index contributed by atoms with van der Waals surface area (Å²) in [7, 11) is -1.83. The smallest absolute Gasteiger partial charge is 0.305 e. The van der Waals surface area contributed by atoms with Gasteiger partial charge in [-0.2, -0.15) is 0 Å². The van der Waals surface area contributed by atoms with Gasteiger partial charge in [-0.15, -0.1) is 0 Å². The minimum atomic E-state index is -0.915. The molecule has 95 heavy (non-hydrogen) atoms. The van der Waals surface area contributed by atoms with Gasteiger partial charge in [-0.3, -0.25) is 9.59 Å². The van der Waals surface area contributed by atoms with Crippen LogP contribution in [0, 0.1) is 17.3 Å². The van der Waals surface area contributed by atoms with Crippen LogP contribution in [0.4, 0.5) is 0 Å². The maximum absolute atomic E-state index is 12.2. The highest BCUT2D eigenvalue weighted by Gasteiger charge is 2.41. The Labute approximate surface area is 603 Å². The Balaban J connectivity index is 1.70. The van der Waals surface area contributed by atoms with Gasteiger partial charge in [-0.1, -0.05) is 360 Å². The molecule has 2 saturated carbocycles. The number of hydrogen-bond donors (Lipinski definition) is 0. The zero-order chi connectivity index (χ0) is 68.3. The molecule has 0 bridgehead atoms. The first kappa shape index (κ1) is 91.4. The van der Waals surface area contributed by atoms with Crippen molar-refractivity contribution in [3.05, 3.63) is 0 Å². The fourth-order valence-corrected chi connectivity index (χ4v) is 21.0. The highest BCUT2D eigenvalue weighted by molar-refractivity contribution is 8.53. The van der Waals surface area contributed by atoms with Gasteiger partial charge in [0.2, 0.25) is 15.2 Å². The van der Waals surface area contributed by atoms with Crippen LogP contribution in [0.2, 0.25) is 0 Å². The highest BCUT2D eigenvalue weighted by Crippen LogP contribution is 2.58. The number of esters is 2. The number of carbonyl (C=O) groups is 2. The van der Waals surface area contributed by atoms with Crippen LogP contribution in [0.5, 0.6) is 0 Å². The molecule has 8 nitrogen and oxygen atoms in total. The molecule has 2 atom stereocenters. The lowest BCUT2D eigenvalue weighted by atomic mass is 9.60. The Morgan fingerprint density at radius 2 is 0.516 bits per heavy atom. The summed E-state index contributed by atoms with van der Waals surface area (Å²) in [4.78, 5) is 24.5. The molecular weight excluding hydrogens is 1250 g/mol. The molecule has 2 rings (SSSR count). The summed E-state index contributed by atoms with van der Waals surface area (Å²) < 4.78 is 38.4.